The molecular weight excluding hydrogens is 457 g/mol. The summed E-state index contributed by atoms with van der Waals surface area (Å²) in [5.74, 6) is 0.618. The van der Waals surface area contributed by atoms with Crippen LogP contribution in [0.4, 0.5) is 28.7 Å². The van der Waals surface area contributed by atoms with E-state index >= 15 is 0 Å². The Morgan fingerprint density at radius 3 is 2.17 bits per heavy atom. The maximum atomic E-state index is 11.8. The van der Waals surface area contributed by atoms with E-state index in [1.165, 1.54) is 32.7 Å². The van der Waals surface area contributed by atoms with Crippen LogP contribution < -0.4 is 20.1 Å². The number of anilines is 4. The molecule has 0 fully saturated rings. The molecule has 0 aliphatic heterocycles. The third kappa shape index (κ3) is 4.59. The molecule has 9 nitrogen and oxygen atoms in total. The SMILES string of the molecule is COc1cc(OC)c(Nc2ncnc(Nc3ccc(Cl)c(Cl)c3)c2[N+](=O)[O-])cc1Cl. The maximum Gasteiger partial charge on any atom is 0.353 e. The number of nitrogens with one attached hydrogen (secondary N) is 2. The van der Waals surface area contributed by atoms with Gasteiger partial charge in [0.1, 0.15) is 17.8 Å². The van der Waals surface area contributed by atoms with Crippen molar-refractivity contribution in [3.05, 3.63) is 61.8 Å². The lowest BCUT2D eigenvalue weighted by Crippen LogP contribution is -2.06. The number of nitrogens with zero attached hydrogens (tertiary/aromatic N) is 3. The van der Waals surface area contributed by atoms with Gasteiger partial charge in [-0.2, -0.15) is 0 Å². The Kier molecular flexibility index (Phi) is 6.66. The Morgan fingerprint density at radius 2 is 1.57 bits per heavy atom. The van der Waals surface area contributed by atoms with Crippen LogP contribution in [0, 0.1) is 10.1 Å². The van der Waals surface area contributed by atoms with Gasteiger partial charge in [0, 0.05) is 11.8 Å². The summed E-state index contributed by atoms with van der Waals surface area (Å²) in [7, 11) is 2.91. The summed E-state index contributed by atoms with van der Waals surface area (Å²) < 4.78 is 10.5. The van der Waals surface area contributed by atoms with Gasteiger partial charge in [-0.3, -0.25) is 10.1 Å². The predicted molar refractivity (Wildman–Crippen MR) is 116 cm³/mol. The van der Waals surface area contributed by atoms with Gasteiger partial charge in [0.15, 0.2) is 0 Å². The fourth-order valence-electron chi connectivity index (χ4n) is 2.53. The lowest BCUT2D eigenvalue weighted by Gasteiger charge is -2.14. The zero-order valence-electron chi connectivity index (χ0n) is 15.6. The zero-order chi connectivity index (χ0) is 21.8. The molecule has 0 aliphatic carbocycles. The van der Waals surface area contributed by atoms with E-state index in [1.54, 1.807) is 18.2 Å². The van der Waals surface area contributed by atoms with E-state index in [9.17, 15) is 10.1 Å². The molecule has 12 heteroatoms. The highest BCUT2D eigenvalue weighted by atomic mass is 35.5. The van der Waals surface area contributed by atoms with Gasteiger partial charge in [-0.1, -0.05) is 34.8 Å². The topological polar surface area (TPSA) is 111 Å². The minimum absolute atomic E-state index is 0.0468. The quantitative estimate of drug-likeness (QED) is 0.327. The number of halogens is 3. The normalized spacial score (nSPS) is 10.4. The fraction of sp³-hybridized carbons (Fsp3) is 0.111. The summed E-state index contributed by atoms with van der Waals surface area (Å²) in [5, 5.41) is 18.4. The lowest BCUT2D eigenvalue weighted by atomic mass is 10.2. The van der Waals surface area contributed by atoms with Gasteiger partial charge in [0.05, 0.1) is 39.9 Å². The number of hydrogen-bond acceptors (Lipinski definition) is 8. The smallest absolute Gasteiger partial charge is 0.353 e. The summed E-state index contributed by atoms with van der Waals surface area (Å²) >= 11 is 18.1. The molecule has 30 heavy (non-hydrogen) atoms. The van der Waals surface area contributed by atoms with Crippen LogP contribution in [0.5, 0.6) is 11.5 Å². The molecule has 3 aromatic rings. The minimum Gasteiger partial charge on any atom is -0.495 e. The van der Waals surface area contributed by atoms with E-state index in [0.29, 0.717) is 27.9 Å². The molecule has 0 amide bonds. The number of methoxy groups -OCH3 is 2. The van der Waals surface area contributed by atoms with Crippen LogP contribution in [0.15, 0.2) is 36.7 Å². The number of benzene rings is 2. The molecule has 156 valence electrons. The Hall–Kier alpha value is -3.01. The molecular formula is C18H14Cl3N5O4. The molecule has 1 heterocycles. The molecule has 0 saturated heterocycles. The van der Waals surface area contributed by atoms with E-state index in [1.807, 2.05) is 0 Å². The van der Waals surface area contributed by atoms with Gasteiger partial charge >= 0.3 is 5.69 Å². The molecule has 0 saturated carbocycles. The summed E-state index contributed by atoms with van der Waals surface area (Å²) in [6.45, 7) is 0. The summed E-state index contributed by atoms with van der Waals surface area (Å²) in [6, 6.07) is 7.75. The van der Waals surface area contributed by atoms with Crippen molar-refractivity contribution in [2.75, 3.05) is 24.9 Å². The minimum atomic E-state index is -0.611. The van der Waals surface area contributed by atoms with Crippen molar-refractivity contribution < 1.29 is 14.4 Å². The Labute approximate surface area is 186 Å². The van der Waals surface area contributed by atoms with Crippen LogP contribution in [0.25, 0.3) is 0 Å². The van der Waals surface area contributed by atoms with Crippen LogP contribution >= 0.6 is 34.8 Å². The number of ether oxygens (including phenoxy) is 2. The van der Waals surface area contributed by atoms with E-state index in [2.05, 4.69) is 20.6 Å². The van der Waals surface area contributed by atoms with Crippen LogP contribution in [-0.2, 0) is 0 Å². The number of aromatic nitrogens is 2. The molecule has 0 radical (unpaired) electrons. The molecule has 2 aromatic carbocycles. The second kappa shape index (κ2) is 9.21. The summed E-state index contributed by atoms with van der Waals surface area (Å²) in [5.41, 5.74) is 0.422. The second-order valence-corrected chi connectivity index (χ2v) is 6.96. The van der Waals surface area contributed by atoms with Gasteiger partial charge < -0.3 is 20.1 Å². The average molecular weight is 471 g/mol. The zero-order valence-corrected chi connectivity index (χ0v) is 17.8. The largest absolute Gasteiger partial charge is 0.495 e. The van der Waals surface area contributed by atoms with Crippen LogP contribution in [0.3, 0.4) is 0 Å². The highest BCUT2D eigenvalue weighted by Crippen LogP contribution is 2.40. The fourth-order valence-corrected chi connectivity index (χ4v) is 3.07. The molecule has 1 aromatic heterocycles. The molecule has 0 atom stereocenters. The molecule has 0 aliphatic rings. The van der Waals surface area contributed by atoms with Crippen LogP contribution in [-0.4, -0.2) is 29.1 Å². The predicted octanol–water partition coefficient (Wildman–Crippen LogP) is 5.85. The van der Waals surface area contributed by atoms with Crippen molar-refractivity contribution in [2.45, 2.75) is 0 Å². The maximum absolute atomic E-state index is 11.8. The van der Waals surface area contributed by atoms with Crippen molar-refractivity contribution in [3.8, 4) is 11.5 Å². The van der Waals surface area contributed by atoms with Gasteiger partial charge in [-0.25, -0.2) is 9.97 Å². The van der Waals surface area contributed by atoms with Gasteiger partial charge in [0.25, 0.3) is 0 Å². The monoisotopic (exact) mass is 469 g/mol. The van der Waals surface area contributed by atoms with Crippen LogP contribution in [0.1, 0.15) is 0 Å². The number of nitro groups is 1. The molecule has 3 rings (SSSR count). The van der Waals surface area contributed by atoms with E-state index in [0.717, 1.165) is 0 Å². The van der Waals surface area contributed by atoms with Crippen molar-refractivity contribution in [1.29, 1.82) is 0 Å². The first-order valence-corrected chi connectivity index (χ1v) is 9.37. The van der Waals surface area contributed by atoms with Crippen molar-refractivity contribution in [3.63, 3.8) is 0 Å². The first kappa shape index (κ1) is 21.7. The van der Waals surface area contributed by atoms with Crippen molar-refractivity contribution >= 4 is 63.5 Å². The standard InChI is InChI=1S/C18H14Cl3N5O4/c1-29-14-7-15(30-2)13(6-12(14)21)25-18-16(26(27)28)17(22-8-23-18)24-9-3-4-10(19)11(20)5-9/h3-8H,1-2H3,(H2,22,23,24,25). The summed E-state index contributed by atoms with van der Waals surface area (Å²) in [6.07, 6.45) is 1.17. The van der Waals surface area contributed by atoms with Crippen molar-refractivity contribution in [1.82, 2.24) is 9.97 Å². The highest BCUT2D eigenvalue weighted by Gasteiger charge is 2.24. The molecule has 2 N–H and O–H groups in total. The van der Waals surface area contributed by atoms with Crippen LogP contribution in [0.2, 0.25) is 15.1 Å². The number of hydrogen-bond donors (Lipinski definition) is 2. The van der Waals surface area contributed by atoms with Gasteiger partial charge in [-0.15, -0.1) is 0 Å². The highest BCUT2D eigenvalue weighted by molar-refractivity contribution is 6.42. The first-order chi connectivity index (χ1) is 14.3. The number of rotatable bonds is 7. The van der Waals surface area contributed by atoms with Gasteiger partial charge in [0.2, 0.25) is 11.6 Å². The van der Waals surface area contributed by atoms with Crippen molar-refractivity contribution in [2.24, 2.45) is 0 Å². The van der Waals surface area contributed by atoms with E-state index in [4.69, 9.17) is 44.3 Å². The average Bonchev–Trinajstić information content (AvgIpc) is 2.71. The third-order valence-electron chi connectivity index (χ3n) is 3.91. The molecule has 0 spiro atoms. The Balaban J connectivity index is 2.02. The second-order valence-electron chi connectivity index (χ2n) is 5.74. The first-order valence-electron chi connectivity index (χ1n) is 8.24. The van der Waals surface area contributed by atoms with E-state index < -0.39 is 10.6 Å². The lowest BCUT2D eigenvalue weighted by molar-refractivity contribution is -0.383. The van der Waals surface area contributed by atoms with E-state index in [-0.39, 0.29) is 21.7 Å². The van der Waals surface area contributed by atoms with Gasteiger partial charge in [-0.05, 0) is 24.3 Å². The summed E-state index contributed by atoms with van der Waals surface area (Å²) in [4.78, 5) is 19.2. The molecule has 0 unspecified atom stereocenters. The third-order valence-corrected chi connectivity index (χ3v) is 4.95. The Bertz CT molecular complexity index is 1110. The molecule has 0 bridgehead atoms. The Morgan fingerprint density at radius 1 is 0.900 bits per heavy atom.